The SMILES string of the molecule is O=C(OCc1cc(=O)n2cc(Br)ccc2n1)c1ccc(Cl)c([N+](=O)[O-])c1. The fraction of sp³-hybridized carbons (Fsp3) is 0.0625. The number of fused-ring (bicyclic) bond motifs is 1. The number of aromatic nitrogens is 2. The minimum absolute atomic E-state index is 0.0254. The van der Waals surface area contributed by atoms with E-state index in [9.17, 15) is 19.7 Å². The molecule has 0 unspecified atom stereocenters. The molecule has 0 saturated carbocycles. The van der Waals surface area contributed by atoms with Gasteiger partial charge in [-0.05, 0) is 40.2 Å². The summed E-state index contributed by atoms with van der Waals surface area (Å²) in [5.74, 6) is -0.789. The first kappa shape index (κ1) is 18.0. The number of esters is 1. The van der Waals surface area contributed by atoms with Crippen molar-refractivity contribution in [3.63, 3.8) is 0 Å². The lowest BCUT2D eigenvalue weighted by Crippen LogP contribution is -2.16. The van der Waals surface area contributed by atoms with Crippen LogP contribution in [-0.4, -0.2) is 20.3 Å². The summed E-state index contributed by atoms with van der Waals surface area (Å²) in [6.45, 7) is -0.253. The zero-order chi connectivity index (χ0) is 18.8. The average molecular weight is 439 g/mol. The molecular weight excluding hydrogens is 430 g/mol. The lowest BCUT2D eigenvalue weighted by Gasteiger charge is -2.06. The maximum atomic E-state index is 12.1. The van der Waals surface area contributed by atoms with E-state index in [4.69, 9.17) is 16.3 Å². The minimum Gasteiger partial charge on any atom is -0.456 e. The van der Waals surface area contributed by atoms with Crippen molar-refractivity contribution in [3.05, 3.63) is 83.8 Å². The molecule has 0 fully saturated rings. The van der Waals surface area contributed by atoms with E-state index in [1.54, 1.807) is 18.3 Å². The number of carbonyl (C=O) groups is 1. The Morgan fingerprint density at radius 3 is 2.81 bits per heavy atom. The number of hydrogen-bond acceptors (Lipinski definition) is 6. The zero-order valence-electron chi connectivity index (χ0n) is 12.9. The van der Waals surface area contributed by atoms with Gasteiger partial charge in [-0.2, -0.15) is 0 Å². The summed E-state index contributed by atoms with van der Waals surface area (Å²) in [5, 5.41) is 10.8. The van der Waals surface area contributed by atoms with Gasteiger partial charge in [0.05, 0.1) is 16.2 Å². The van der Waals surface area contributed by atoms with Crippen molar-refractivity contribution in [2.75, 3.05) is 0 Å². The minimum atomic E-state index is -0.789. The van der Waals surface area contributed by atoms with Crippen molar-refractivity contribution >= 4 is 44.8 Å². The van der Waals surface area contributed by atoms with Crippen LogP contribution in [0.25, 0.3) is 5.65 Å². The molecule has 132 valence electrons. The van der Waals surface area contributed by atoms with Gasteiger partial charge in [0.25, 0.3) is 11.2 Å². The summed E-state index contributed by atoms with van der Waals surface area (Å²) in [5.41, 5.74) is -0.0937. The molecule has 3 aromatic rings. The molecule has 0 amide bonds. The maximum Gasteiger partial charge on any atom is 0.338 e. The van der Waals surface area contributed by atoms with Gasteiger partial charge in [0.1, 0.15) is 17.3 Å². The number of pyridine rings is 1. The fourth-order valence-corrected chi connectivity index (χ4v) is 2.73. The van der Waals surface area contributed by atoms with Crippen LogP contribution >= 0.6 is 27.5 Å². The van der Waals surface area contributed by atoms with E-state index in [2.05, 4.69) is 20.9 Å². The lowest BCUT2D eigenvalue weighted by molar-refractivity contribution is -0.384. The molecule has 10 heteroatoms. The van der Waals surface area contributed by atoms with Crippen LogP contribution in [0.5, 0.6) is 0 Å². The first-order valence-corrected chi connectivity index (χ1v) is 8.31. The van der Waals surface area contributed by atoms with E-state index < -0.39 is 16.6 Å². The van der Waals surface area contributed by atoms with Crippen molar-refractivity contribution in [1.29, 1.82) is 0 Å². The third kappa shape index (κ3) is 3.73. The van der Waals surface area contributed by atoms with E-state index in [1.165, 1.54) is 22.6 Å². The van der Waals surface area contributed by atoms with Crippen molar-refractivity contribution in [2.45, 2.75) is 6.61 Å². The van der Waals surface area contributed by atoms with Crippen molar-refractivity contribution in [3.8, 4) is 0 Å². The highest BCUT2D eigenvalue weighted by atomic mass is 79.9. The Labute approximate surface area is 159 Å². The fourth-order valence-electron chi connectivity index (χ4n) is 2.20. The van der Waals surface area contributed by atoms with Gasteiger partial charge in [0, 0.05) is 22.8 Å². The summed E-state index contributed by atoms with van der Waals surface area (Å²) in [4.78, 5) is 38.6. The highest BCUT2D eigenvalue weighted by Crippen LogP contribution is 2.25. The van der Waals surface area contributed by atoms with Crippen molar-refractivity contribution < 1.29 is 14.5 Å². The smallest absolute Gasteiger partial charge is 0.338 e. The molecule has 0 bridgehead atoms. The molecule has 0 saturated heterocycles. The average Bonchev–Trinajstić information content (AvgIpc) is 2.60. The molecule has 0 aliphatic carbocycles. The standard InChI is InChI=1S/C16H9BrClN3O5/c17-10-2-4-14-19-11(6-15(22)20(14)7-10)8-26-16(23)9-1-3-12(18)13(5-9)21(24)25/h1-7H,8H2. The Morgan fingerprint density at radius 2 is 2.08 bits per heavy atom. The molecule has 0 spiro atoms. The second-order valence-electron chi connectivity index (χ2n) is 5.16. The van der Waals surface area contributed by atoms with Crippen molar-refractivity contribution in [1.82, 2.24) is 9.38 Å². The van der Waals surface area contributed by atoms with Gasteiger partial charge < -0.3 is 4.74 Å². The van der Waals surface area contributed by atoms with Crippen molar-refractivity contribution in [2.24, 2.45) is 0 Å². The first-order chi connectivity index (χ1) is 12.3. The summed E-state index contributed by atoms with van der Waals surface area (Å²) in [7, 11) is 0. The van der Waals surface area contributed by atoms with Gasteiger partial charge in [0.2, 0.25) is 0 Å². The molecule has 8 nitrogen and oxygen atoms in total. The number of nitro groups is 1. The zero-order valence-corrected chi connectivity index (χ0v) is 15.2. The number of hydrogen-bond donors (Lipinski definition) is 0. The molecule has 1 aromatic carbocycles. The monoisotopic (exact) mass is 437 g/mol. The predicted molar refractivity (Wildman–Crippen MR) is 96.4 cm³/mol. The largest absolute Gasteiger partial charge is 0.456 e. The van der Waals surface area contributed by atoms with E-state index in [1.807, 2.05) is 0 Å². The number of benzene rings is 1. The number of rotatable bonds is 4. The second-order valence-corrected chi connectivity index (χ2v) is 6.48. The normalized spacial score (nSPS) is 10.7. The molecule has 2 aromatic heterocycles. The molecule has 0 radical (unpaired) electrons. The van der Waals surface area contributed by atoms with Crippen LogP contribution in [-0.2, 0) is 11.3 Å². The first-order valence-electron chi connectivity index (χ1n) is 7.14. The maximum absolute atomic E-state index is 12.1. The number of ether oxygens (including phenoxy) is 1. The highest BCUT2D eigenvalue weighted by molar-refractivity contribution is 9.10. The van der Waals surface area contributed by atoms with Gasteiger partial charge in [0.15, 0.2) is 0 Å². The van der Waals surface area contributed by atoms with E-state index >= 15 is 0 Å². The van der Waals surface area contributed by atoms with E-state index in [-0.39, 0.29) is 28.4 Å². The number of halogens is 2. The summed E-state index contributed by atoms with van der Waals surface area (Å²) in [6.07, 6.45) is 1.58. The van der Waals surface area contributed by atoms with Gasteiger partial charge >= 0.3 is 5.97 Å². The molecular formula is C16H9BrClN3O5. The Kier molecular flexibility index (Phi) is 5.01. The molecule has 0 atom stereocenters. The third-order valence-electron chi connectivity index (χ3n) is 3.41. The van der Waals surface area contributed by atoms with E-state index in [0.717, 1.165) is 10.5 Å². The molecule has 3 rings (SSSR count). The number of nitrogens with zero attached hydrogens (tertiary/aromatic N) is 3. The predicted octanol–water partition coefficient (Wildman–Crippen LogP) is 3.38. The van der Waals surface area contributed by atoms with Crippen LogP contribution in [0.15, 0.2) is 51.9 Å². The quantitative estimate of drug-likeness (QED) is 0.351. The van der Waals surface area contributed by atoms with Crippen LogP contribution in [0.3, 0.4) is 0 Å². The topological polar surface area (TPSA) is 104 Å². The lowest BCUT2D eigenvalue weighted by atomic mass is 10.2. The Bertz CT molecular complexity index is 1100. The molecule has 0 aliphatic rings. The van der Waals surface area contributed by atoms with Crippen LogP contribution in [0.2, 0.25) is 5.02 Å². The molecule has 0 aliphatic heterocycles. The Balaban J connectivity index is 1.81. The molecule has 26 heavy (non-hydrogen) atoms. The van der Waals surface area contributed by atoms with Crippen LogP contribution < -0.4 is 5.56 Å². The molecule has 0 N–H and O–H groups in total. The van der Waals surface area contributed by atoms with Gasteiger partial charge in [-0.1, -0.05) is 11.6 Å². The number of carbonyl (C=O) groups excluding carboxylic acids is 1. The Hall–Kier alpha value is -2.78. The van der Waals surface area contributed by atoms with Crippen LogP contribution in [0, 0.1) is 10.1 Å². The van der Waals surface area contributed by atoms with E-state index in [0.29, 0.717) is 5.65 Å². The summed E-state index contributed by atoms with van der Waals surface area (Å²) in [6, 6.07) is 8.21. The summed E-state index contributed by atoms with van der Waals surface area (Å²) >= 11 is 8.98. The number of nitro benzene ring substituents is 1. The Morgan fingerprint density at radius 1 is 1.31 bits per heavy atom. The van der Waals surface area contributed by atoms with Crippen LogP contribution in [0.1, 0.15) is 16.1 Å². The van der Waals surface area contributed by atoms with Gasteiger partial charge in [-0.3, -0.25) is 19.3 Å². The summed E-state index contributed by atoms with van der Waals surface area (Å²) < 4.78 is 7.16. The third-order valence-corrected chi connectivity index (χ3v) is 4.19. The highest BCUT2D eigenvalue weighted by Gasteiger charge is 2.17. The molecule has 2 heterocycles. The van der Waals surface area contributed by atoms with Gasteiger partial charge in [-0.15, -0.1) is 0 Å². The van der Waals surface area contributed by atoms with Gasteiger partial charge in [-0.25, -0.2) is 9.78 Å². The van der Waals surface area contributed by atoms with Crippen LogP contribution in [0.4, 0.5) is 5.69 Å². The second kappa shape index (κ2) is 7.22.